The maximum atomic E-state index is 13.8. The number of carbonyl (C=O) groups excluding carboxylic acids is 2. The average molecular weight is 612 g/mol. The lowest BCUT2D eigenvalue weighted by atomic mass is 10.1. The van der Waals surface area contributed by atoms with Crippen LogP contribution < -0.4 is 10.6 Å². The molecule has 0 bridgehead atoms. The van der Waals surface area contributed by atoms with Gasteiger partial charge in [-0.05, 0) is 30.5 Å². The minimum absolute atomic E-state index is 0.0722. The number of hydrogen-bond donors (Lipinski definition) is 2. The molecule has 39 heavy (non-hydrogen) atoms. The maximum absolute atomic E-state index is 13.8. The number of fused-ring (bicyclic) bond motifs is 2. The number of thiazole rings is 1. The van der Waals surface area contributed by atoms with Crippen LogP contribution in [0.1, 0.15) is 33.7 Å². The Hall–Kier alpha value is -2.13. The molecule has 14 heteroatoms. The third-order valence-electron chi connectivity index (χ3n) is 6.86. The smallest absolute Gasteiger partial charge is 0.282 e. The molecule has 2 aliphatic rings. The van der Waals surface area contributed by atoms with Crippen molar-refractivity contribution in [3.05, 3.63) is 44.9 Å². The van der Waals surface area contributed by atoms with E-state index in [0.29, 0.717) is 35.8 Å². The minimum atomic E-state index is -3.93. The number of piperazine rings is 1. The van der Waals surface area contributed by atoms with Gasteiger partial charge in [0.1, 0.15) is 4.21 Å². The van der Waals surface area contributed by atoms with E-state index < -0.39 is 16.1 Å². The first-order valence-corrected chi connectivity index (χ1v) is 16.1. The summed E-state index contributed by atoms with van der Waals surface area (Å²) in [4.78, 5) is 33.5. The zero-order chi connectivity index (χ0) is 27.7. The molecular formula is C25H30ClN5O5S3. The predicted octanol–water partition coefficient (Wildman–Crippen LogP) is 2.71. The van der Waals surface area contributed by atoms with Crippen LogP contribution in [-0.2, 0) is 32.5 Å². The molecule has 1 saturated heterocycles. The summed E-state index contributed by atoms with van der Waals surface area (Å²) in [7, 11) is -2.40. The summed E-state index contributed by atoms with van der Waals surface area (Å²) in [6, 6.07) is 6.43. The maximum Gasteiger partial charge on any atom is 0.282 e. The van der Waals surface area contributed by atoms with Crippen LogP contribution >= 0.6 is 34.3 Å². The van der Waals surface area contributed by atoms with Crippen LogP contribution in [0, 0.1) is 0 Å². The number of nitrogens with one attached hydrogen (secondary N) is 2. The largest absolute Gasteiger partial charge is 0.383 e. The van der Waals surface area contributed by atoms with Gasteiger partial charge >= 0.3 is 0 Å². The molecule has 2 aromatic heterocycles. The number of amides is 2. The molecule has 0 aliphatic carbocycles. The van der Waals surface area contributed by atoms with Gasteiger partial charge in [-0.15, -0.1) is 22.7 Å². The highest BCUT2D eigenvalue weighted by Crippen LogP contribution is 2.34. The Balaban J connectivity index is 1.39. The molecule has 0 saturated carbocycles. The van der Waals surface area contributed by atoms with Crippen LogP contribution in [0.5, 0.6) is 0 Å². The van der Waals surface area contributed by atoms with E-state index >= 15 is 0 Å². The highest BCUT2D eigenvalue weighted by molar-refractivity contribution is 7.91. The predicted molar refractivity (Wildman–Crippen MR) is 152 cm³/mol. The second kappa shape index (κ2) is 11.8. The van der Waals surface area contributed by atoms with Gasteiger partial charge in [-0.25, -0.2) is 13.4 Å². The normalized spacial score (nSPS) is 20.2. The Labute approximate surface area is 240 Å². The molecule has 0 spiro atoms. The topological polar surface area (TPSA) is 121 Å². The van der Waals surface area contributed by atoms with Crippen LogP contribution in [0.4, 0.5) is 0 Å². The van der Waals surface area contributed by atoms with Crippen molar-refractivity contribution >= 4 is 66.2 Å². The monoisotopic (exact) mass is 611 g/mol. The van der Waals surface area contributed by atoms with Crippen LogP contribution in [0.25, 0.3) is 10.1 Å². The number of hydrogen-bond acceptors (Lipinski definition) is 9. The van der Waals surface area contributed by atoms with Gasteiger partial charge in [0.2, 0.25) is 5.91 Å². The third kappa shape index (κ3) is 6.14. The zero-order valence-electron chi connectivity index (χ0n) is 21.6. The van der Waals surface area contributed by atoms with Gasteiger partial charge in [0, 0.05) is 73.3 Å². The fourth-order valence-electron chi connectivity index (χ4n) is 4.84. The highest BCUT2D eigenvalue weighted by atomic mass is 35.5. The summed E-state index contributed by atoms with van der Waals surface area (Å²) >= 11 is 8.63. The van der Waals surface area contributed by atoms with Gasteiger partial charge in [0.05, 0.1) is 18.3 Å². The molecule has 2 N–H and O–H groups in total. The fraction of sp³-hybridized carbons (Fsp3) is 0.480. The Kier molecular flexibility index (Phi) is 8.57. The summed E-state index contributed by atoms with van der Waals surface area (Å²) in [6.45, 7) is 3.78. The SMILES string of the molecule is COCCNC(=O)CC1CN(C(=O)c2nc3c(s2)CNC(C)C3)CCN1S(=O)(=O)c1cc2ccc(Cl)cc2s1. The molecule has 2 aliphatic heterocycles. The second-order valence-corrected chi connectivity index (χ2v) is 14.4. The molecule has 2 amide bonds. The summed E-state index contributed by atoms with van der Waals surface area (Å²) < 4.78 is 35.0. The Morgan fingerprint density at radius 2 is 2.08 bits per heavy atom. The molecule has 4 heterocycles. The third-order valence-corrected chi connectivity index (χ3v) is 11.7. The van der Waals surface area contributed by atoms with Gasteiger partial charge in [-0.3, -0.25) is 9.59 Å². The van der Waals surface area contributed by atoms with Gasteiger partial charge in [0.25, 0.3) is 15.9 Å². The lowest BCUT2D eigenvalue weighted by Gasteiger charge is -2.39. The molecule has 10 nitrogen and oxygen atoms in total. The summed E-state index contributed by atoms with van der Waals surface area (Å²) in [5.74, 6) is -0.542. The Morgan fingerprint density at radius 3 is 2.87 bits per heavy atom. The number of carbonyl (C=O) groups is 2. The number of sulfonamides is 1. The van der Waals surface area contributed by atoms with E-state index in [4.69, 9.17) is 16.3 Å². The van der Waals surface area contributed by atoms with Crippen molar-refractivity contribution in [2.45, 2.75) is 42.6 Å². The van der Waals surface area contributed by atoms with Crippen molar-refractivity contribution in [1.29, 1.82) is 0 Å². The number of benzene rings is 1. The number of methoxy groups -OCH3 is 1. The van der Waals surface area contributed by atoms with Crippen molar-refractivity contribution in [2.75, 3.05) is 39.9 Å². The summed E-state index contributed by atoms with van der Waals surface area (Å²) in [5.41, 5.74) is 0.940. The van der Waals surface area contributed by atoms with Gasteiger partial charge in [-0.1, -0.05) is 17.7 Å². The standard InChI is InChI=1S/C25H30ClN5O5S3/c1-15-9-19-21(13-28-15)38-24(29-19)25(33)30-6-7-31(18(14-30)12-22(32)27-5-8-36-2)39(34,35)23-10-16-3-4-17(26)11-20(16)37-23/h3-4,10-11,15,18,28H,5-9,12-14H2,1-2H3,(H,27,32). The Bertz CT molecular complexity index is 1490. The van der Waals surface area contributed by atoms with E-state index in [2.05, 4.69) is 22.5 Å². The van der Waals surface area contributed by atoms with Crippen LogP contribution in [0.3, 0.4) is 0 Å². The van der Waals surface area contributed by atoms with Crippen LogP contribution in [-0.4, -0.2) is 86.4 Å². The number of thiophene rings is 1. The highest BCUT2D eigenvalue weighted by Gasteiger charge is 2.40. The number of ether oxygens (including phenoxy) is 1. The van der Waals surface area contributed by atoms with Gasteiger partial charge in [0.15, 0.2) is 5.01 Å². The van der Waals surface area contributed by atoms with Crippen molar-refractivity contribution in [3.63, 3.8) is 0 Å². The average Bonchev–Trinajstić information content (AvgIpc) is 3.52. The lowest BCUT2D eigenvalue weighted by molar-refractivity contribution is -0.122. The van der Waals surface area contributed by atoms with Crippen LogP contribution in [0.2, 0.25) is 5.02 Å². The second-order valence-electron chi connectivity index (χ2n) is 9.69. The number of nitrogens with zero attached hydrogens (tertiary/aromatic N) is 3. The molecule has 3 aromatic rings. The molecule has 0 radical (unpaired) electrons. The number of halogens is 1. The van der Waals surface area contributed by atoms with E-state index in [1.807, 2.05) is 0 Å². The van der Waals surface area contributed by atoms with E-state index in [1.165, 1.54) is 22.8 Å². The van der Waals surface area contributed by atoms with Crippen molar-refractivity contribution in [2.24, 2.45) is 0 Å². The Morgan fingerprint density at radius 1 is 1.26 bits per heavy atom. The molecule has 2 unspecified atom stereocenters. The number of aromatic nitrogens is 1. The van der Waals surface area contributed by atoms with E-state index in [9.17, 15) is 18.0 Å². The first kappa shape index (κ1) is 28.4. The van der Waals surface area contributed by atoms with E-state index in [-0.39, 0.29) is 42.1 Å². The first-order chi connectivity index (χ1) is 18.7. The fourth-order valence-corrected chi connectivity index (χ4v) is 9.26. The first-order valence-electron chi connectivity index (χ1n) is 12.6. The van der Waals surface area contributed by atoms with E-state index in [0.717, 1.165) is 38.4 Å². The minimum Gasteiger partial charge on any atom is -0.383 e. The molecule has 2 atom stereocenters. The van der Waals surface area contributed by atoms with Crippen molar-refractivity contribution in [1.82, 2.24) is 24.8 Å². The molecule has 1 aromatic carbocycles. The molecule has 210 valence electrons. The van der Waals surface area contributed by atoms with Crippen LogP contribution in [0.15, 0.2) is 28.5 Å². The van der Waals surface area contributed by atoms with Gasteiger partial charge < -0.3 is 20.3 Å². The molecular weight excluding hydrogens is 582 g/mol. The zero-order valence-corrected chi connectivity index (χ0v) is 24.8. The van der Waals surface area contributed by atoms with E-state index in [1.54, 1.807) is 29.2 Å². The van der Waals surface area contributed by atoms with Gasteiger partial charge in [-0.2, -0.15) is 4.31 Å². The molecule has 1 fully saturated rings. The quantitative estimate of drug-likeness (QED) is 0.376. The summed E-state index contributed by atoms with van der Waals surface area (Å²) in [5, 5.41) is 7.86. The van der Waals surface area contributed by atoms with Crippen molar-refractivity contribution in [3.8, 4) is 0 Å². The lowest BCUT2D eigenvalue weighted by Crippen LogP contribution is -2.57. The number of rotatable bonds is 8. The molecule has 5 rings (SSSR count). The van der Waals surface area contributed by atoms with Crippen molar-refractivity contribution < 1.29 is 22.7 Å². The summed E-state index contributed by atoms with van der Waals surface area (Å²) in [6.07, 6.45) is 0.676.